The Bertz CT molecular complexity index is 818. The third kappa shape index (κ3) is 3.05. The minimum atomic E-state index is -0.648. The third-order valence-electron chi connectivity index (χ3n) is 4.21. The molecule has 1 amide bonds. The zero-order valence-electron chi connectivity index (χ0n) is 15.1. The number of nitrogens with zero attached hydrogens (tertiary/aromatic N) is 2. The van der Waals surface area contributed by atoms with E-state index < -0.39 is 12.0 Å². The zero-order valence-corrected chi connectivity index (χ0v) is 15.9. The molecule has 2 aliphatic rings. The standard InChI is InChI=1S/C18H20N2O5S/c1-5-25-17(22)15-10(2)19-18-20(14(21)9-26-18)16(15)12-7-6-11(23-3)8-13(12)24-4/h6-8,16H,5,9H2,1-4H3/t16-/m1/s1. The Labute approximate surface area is 156 Å². The van der Waals surface area contributed by atoms with Gasteiger partial charge in [-0.15, -0.1) is 0 Å². The van der Waals surface area contributed by atoms with Gasteiger partial charge in [0.1, 0.15) is 17.5 Å². The monoisotopic (exact) mass is 376 g/mol. The molecule has 1 aromatic carbocycles. The first-order chi connectivity index (χ1) is 12.5. The van der Waals surface area contributed by atoms with E-state index in [0.29, 0.717) is 33.5 Å². The number of amidine groups is 1. The summed E-state index contributed by atoms with van der Waals surface area (Å²) in [5.41, 5.74) is 1.56. The summed E-state index contributed by atoms with van der Waals surface area (Å²) in [5, 5.41) is 0.586. The first kappa shape index (κ1) is 18.3. The molecule has 3 rings (SSSR count). The lowest BCUT2D eigenvalue weighted by Crippen LogP contribution is -2.39. The molecule has 0 aliphatic carbocycles. The molecule has 2 heterocycles. The summed E-state index contributed by atoms with van der Waals surface area (Å²) in [5.74, 6) is 0.842. The fourth-order valence-electron chi connectivity index (χ4n) is 3.05. The van der Waals surface area contributed by atoms with E-state index in [-0.39, 0.29) is 18.3 Å². The van der Waals surface area contributed by atoms with E-state index in [2.05, 4.69) is 4.99 Å². The Morgan fingerprint density at radius 2 is 2.12 bits per heavy atom. The number of rotatable bonds is 5. The second-order valence-electron chi connectivity index (χ2n) is 5.68. The number of carbonyl (C=O) groups is 2. The number of amides is 1. The summed E-state index contributed by atoms with van der Waals surface area (Å²) in [6.45, 7) is 3.73. The number of methoxy groups -OCH3 is 2. The van der Waals surface area contributed by atoms with Crippen LogP contribution in [0, 0.1) is 0 Å². The fourth-order valence-corrected chi connectivity index (χ4v) is 3.99. The van der Waals surface area contributed by atoms with Gasteiger partial charge in [-0.3, -0.25) is 9.69 Å². The highest BCUT2D eigenvalue weighted by Crippen LogP contribution is 2.44. The van der Waals surface area contributed by atoms with Gasteiger partial charge in [0.15, 0.2) is 5.17 Å². The maximum Gasteiger partial charge on any atom is 0.338 e. The van der Waals surface area contributed by atoms with Crippen molar-refractivity contribution < 1.29 is 23.8 Å². The van der Waals surface area contributed by atoms with Gasteiger partial charge in [0, 0.05) is 11.6 Å². The van der Waals surface area contributed by atoms with Crippen molar-refractivity contribution in [3.8, 4) is 11.5 Å². The van der Waals surface area contributed by atoms with E-state index >= 15 is 0 Å². The van der Waals surface area contributed by atoms with E-state index in [0.717, 1.165) is 0 Å². The first-order valence-electron chi connectivity index (χ1n) is 8.15. The Balaban J connectivity index is 2.18. The van der Waals surface area contributed by atoms with Crippen LogP contribution < -0.4 is 9.47 Å². The van der Waals surface area contributed by atoms with Gasteiger partial charge in [-0.2, -0.15) is 0 Å². The van der Waals surface area contributed by atoms with E-state index in [1.165, 1.54) is 18.9 Å². The van der Waals surface area contributed by atoms with Gasteiger partial charge >= 0.3 is 5.97 Å². The summed E-state index contributed by atoms with van der Waals surface area (Å²) in [6.07, 6.45) is 0. The van der Waals surface area contributed by atoms with Crippen LogP contribution in [0.5, 0.6) is 11.5 Å². The largest absolute Gasteiger partial charge is 0.497 e. The lowest BCUT2D eigenvalue weighted by molar-refractivity contribution is -0.139. The number of allylic oxidation sites excluding steroid dienone is 1. The van der Waals surface area contributed by atoms with Crippen molar-refractivity contribution in [2.45, 2.75) is 19.9 Å². The smallest absolute Gasteiger partial charge is 0.338 e. The van der Waals surface area contributed by atoms with Crippen molar-refractivity contribution in [1.82, 2.24) is 4.90 Å². The third-order valence-corrected chi connectivity index (χ3v) is 5.15. The molecule has 26 heavy (non-hydrogen) atoms. The number of carbonyl (C=O) groups excluding carboxylic acids is 2. The van der Waals surface area contributed by atoms with Crippen molar-refractivity contribution in [3.63, 3.8) is 0 Å². The molecule has 1 saturated heterocycles. The average molecular weight is 376 g/mol. The van der Waals surface area contributed by atoms with Gasteiger partial charge in [-0.1, -0.05) is 11.8 Å². The van der Waals surface area contributed by atoms with Crippen LogP contribution >= 0.6 is 11.8 Å². The van der Waals surface area contributed by atoms with Crippen LogP contribution in [0.3, 0.4) is 0 Å². The van der Waals surface area contributed by atoms with Crippen molar-refractivity contribution in [3.05, 3.63) is 35.0 Å². The number of hydrogen-bond donors (Lipinski definition) is 0. The van der Waals surface area contributed by atoms with Gasteiger partial charge in [0.2, 0.25) is 5.91 Å². The Hall–Kier alpha value is -2.48. The number of aliphatic imine (C=N–C) groups is 1. The minimum absolute atomic E-state index is 0.106. The van der Waals surface area contributed by atoms with E-state index in [4.69, 9.17) is 14.2 Å². The molecule has 0 aromatic heterocycles. The second-order valence-corrected chi connectivity index (χ2v) is 6.62. The lowest BCUT2D eigenvalue weighted by atomic mass is 9.93. The molecule has 7 nitrogen and oxygen atoms in total. The summed E-state index contributed by atoms with van der Waals surface area (Å²) in [6, 6.07) is 4.65. The summed E-state index contributed by atoms with van der Waals surface area (Å²) in [7, 11) is 3.10. The molecule has 0 N–H and O–H groups in total. The number of fused-ring (bicyclic) bond motifs is 1. The topological polar surface area (TPSA) is 77.4 Å². The molecule has 0 spiro atoms. The molecule has 1 fully saturated rings. The number of ether oxygens (including phenoxy) is 3. The summed E-state index contributed by atoms with van der Waals surface area (Å²) >= 11 is 1.36. The normalized spacial score (nSPS) is 19.2. The van der Waals surface area contributed by atoms with Crippen molar-refractivity contribution in [1.29, 1.82) is 0 Å². The number of esters is 1. The summed E-state index contributed by atoms with van der Waals surface area (Å²) in [4.78, 5) is 31.2. The predicted octanol–water partition coefficient (Wildman–Crippen LogP) is 2.53. The molecular formula is C18H20N2O5S. The molecule has 0 saturated carbocycles. The van der Waals surface area contributed by atoms with E-state index in [1.54, 1.807) is 44.1 Å². The molecule has 0 radical (unpaired) electrons. The average Bonchev–Trinajstić information content (AvgIpc) is 3.00. The van der Waals surface area contributed by atoms with Crippen LogP contribution in [0.4, 0.5) is 0 Å². The quantitative estimate of drug-likeness (QED) is 0.735. The SMILES string of the molecule is CCOC(=O)C1=C(C)N=C2SCC(=O)N2[C@@H]1c1ccc(OC)cc1OC. The predicted molar refractivity (Wildman–Crippen MR) is 98.4 cm³/mol. The maximum atomic E-state index is 12.7. The van der Waals surface area contributed by atoms with Gasteiger partial charge in [-0.25, -0.2) is 9.79 Å². The second kappa shape index (κ2) is 7.41. The van der Waals surface area contributed by atoms with Crippen LogP contribution in [0.1, 0.15) is 25.5 Å². The van der Waals surface area contributed by atoms with Crippen LogP contribution in [-0.4, -0.2) is 48.5 Å². The Morgan fingerprint density at radius 1 is 1.35 bits per heavy atom. The molecular weight excluding hydrogens is 356 g/mol. The van der Waals surface area contributed by atoms with Crippen LogP contribution in [-0.2, 0) is 14.3 Å². The molecule has 0 unspecified atom stereocenters. The van der Waals surface area contributed by atoms with Gasteiger partial charge in [0.05, 0.1) is 37.8 Å². The minimum Gasteiger partial charge on any atom is -0.497 e. The van der Waals surface area contributed by atoms with Crippen LogP contribution in [0.2, 0.25) is 0 Å². The highest BCUT2D eigenvalue weighted by molar-refractivity contribution is 8.15. The van der Waals surface area contributed by atoms with Crippen molar-refractivity contribution in [2.75, 3.05) is 26.6 Å². The van der Waals surface area contributed by atoms with Gasteiger partial charge in [-0.05, 0) is 26.0 Å². The number of benzene rings is 1. The van der Waals surface area contributed by atoms with Gasteiger partial charge < -0.3 is 14.2 Å². The molecule has 1 aromatic rings. The number of thioether (sulfide) groups is 1. The van der Waals surface area contributed by atoms with Crippen molar-refractivity contribution in [2.24, 2.45) is 4.99 Å². The van der Waals surface area contributed by atoms with Gasteiger partial charge in [0.25, 0.3) is 0 Å². The van der Waals surface area contributed by atoms with E-state index in [9.17, 15) is 9.59 Å². The zero-order chi connectivity index (χ0) is 18.8. The van der Waals surface area contributed by atoms with Crippen LogP contribution in [0.25, 0.3) is 0 Å². The first-order valence-corrected chi connectivity index (χ1v) is 9.13. The van der Waals surface area contributed by atoms with E-state index in [1.807, 2.05) is 0 Å². The maximum absolute atomic E-state index is 12.7. The number of hydrogen-bond acceptors (Lipinski definition) is 7. The molecule has 1 atom stereocenters. The molecule has 138 valence electrons. The highest BCUT2D eigenvalue weighted by atomic mass is 32.2. The molecule has 2 aliphatic heterocycles. The fraction of sp³-hybridized carbons (Fsp3) is 0.389. The summed E-state index contributed by atoms with van der Waals surface area (Å²) < 4.78 is 16.0. The molecule has 0 bridgehead atoms. The highest BCUT2D eigenvalue weighted by Gasteiger charge is 2.44. The van der Waals surface area contributed by atoms with Crippen molar-refractivity contribution >= 4 is 28.8 Å². The Morgan fingerprint density at radius 3 is 2.77 bits per heavy atom. The molecule has 8 heteroatoms. The lowest BCUT2D eigenvalue weighted by Gasteiger charge is -2.33. The van der Waals surface area contributed by atoms with Crippen LogP contribution in [0.15, 0.2) is 34.5 Å². The Kier molecular flexibility index (Phi) is 5.22.